The summed E-state index contributed by atoms with van der Waals surface area (Å²) in [6, 6.07) is 0. The number of rotatable bonds is 6. The zero-order valence-corrected chi connectivity index (χ0v) is 9.80. The van der Waals surface area contributed by atoms with Gasteiger partial charge in [0.05, 0.1) is 0 Å². The van der Waals surface area contributed by atoms with Gasteiger partial charge in [-0.2, -0.15) is 0 Å². The predicted molar refractivity (Wildman–Crippen MR) is 59.3 cm³/mol. The van der Waals surface area contributed by atoms with Crippen molar-refractivity contribution in [3.8, 4) is 0 Å². The van der Waals surface area contributed by atoms with E-state index in [1.807, 2.05) is 26.8 Å². The molecule has 0 bridgehead atoms. The molecule has 0 spiro atoms. The lowest BCUT2D eigenvalue weighted by molar-refractivity contribution is -0.135. The number of ether oxygens (including phenoxy) is 1. The van der Waals surface area contributed by atoms with Crippen LogP contribution >= 0.6 is 0 Å². The molecule has 0 amide bonds. The number of allylic oxidation sites excluding steroid dienone is 1. The van der Waals surface area contributed by atoms with Crippen LogP contribution in [0.15, 0.2) is 12.7 Å². The van der Waals surface area contributed by atoms with Crippen LogP contribution in [0.1, 0.15) is 40.0 Å². The van der Waals surface area contributed by atoms with E-state index >= 15 is 0 Å². The van der Waals surface area contributed by atoms with E-state index in [-0.39, 0.29) is 17.3 Å². The van der Waals surface area contributed by atoms with Crippen LogP contribution in [0.25, 0.3) is 0 Å². The first-order valence-electron chi connectivity index (χ1n) is 5.10. The maximum atomic E-state index is 11.7. The second-order valence-corrected chi connectivity index (χ2v) is 4.63. The third-order valence-corrected chi connectivity index (χ3v) is 2.15. The minimum Gasteiger partial charge on any atom is -0.373 e. The zero-order chi connectivity index (χ0) is 11.2. The van der Waals surface area contributed by atoms with Crippen molar-refractivity contribution in [1.29, 1.82) is 0 Å². The lowest BCUT2D eigenvalue weighted by Gasteiger charge is -2.27. The highest BCUT2D eigenvalue weighted by Crippen LogP contribution is 2.23. The van der Waals surface area contributed by atoms with Crippen molar-refractivity contribution < 1.29 is 9.53 Å². The molecule has 0 N–H and O–H groups in total. The van der Waals surface area contributed by atoms with Gasteiger partial charge in [-0.3, -0.25) is 4.79 Å². The Morgan fingerprint density at radius 3 is 2.43 bits per heavy atom. The lowest BCUT2D eigenvalue weighted by atomic mass is 9.85. The number of carbonyl (C=O) groups excluding carboxylic acids is 1. The first kappa shape index (κ1) is 13.4. The molecule has 0 aliphatic heterocycles. The van der Waals surface area contributed by atoms with Crippen LogP contribution in [-0.2, 0) is 9.53 Å². The van der Waals surface area contributed by atoms with E-state index in [1.165, 1.54) is 0 Å². The first-order chi connectivity index (χ1) is 6.43. The molecule has 0 saturated heterocycles. The van der Waals surface area contributed by atoms with Gasteiger partial charge in [0.2, 0.25) is 0 Å². The smallest absolute Gasteiger partial charge is 0.162 e. The van der Waals surface area contributed by atoms with E-state index in [1.54, 1.807) is 7.11 Å². The second-order valence-electron chi connectivity index (χ2n) is 4.63. The molecule has 0 aromatic carbocycles. The van der Waals surface area contributed by atoms with Crippen molar-refractivity contribution in [2.45, 2.75) is 46.1 Å². The summed E-state index contributed by atoms with van der Waals surface area (Å²) in [5, 5.41) is 0. The Morgan fingerprint density at radius 2 is 2.07 bits per heavy atom. The highest BCUT2D eigenvalue weighted by Gasteiger charge is 2.30. The van der Waals surface area contributed by atoms with Gasteiger partial charge in [0.1, 0.15) is 6.10 Å². The van der Waals surface area contributed by atoms with Gasteiger partial charge in [0, 0.05) is 13.5 Å². The summed E-state index contributed by atoms with van der Waals surface area (Å²) in [7, 11) is 1.60. The van der Waals surface area contributed by atoms with E-state index < -0.39 is 0 Å². The zero-order valence-electron chi connectivity index (χ0n) is 9.80. The van der Waals surface area contributed by atoms with Crippen molar-refractivity contribution in [3.63, 3.8) is 0 Å². The van der Waals surface area contributed by atoms with Crippen LogP contribution in [0.2, 0.25) is 0 Å². The monoisotopic (exact) mass is 198 g/mol. The van der Waals surface area contributed by atoms with Crippen LogP contribution in [-0.4, -0.2) is 19.0 Å². The minimum absolute atomic E-state index is 0.111. The van der Waals surface area contributed by atoms with E-state index in [4.69, 9.17) is 4.74 Å². The summed E-state index contributed by atoms with van der Waals surface area (Å²) in [4.78, 5) is 11.7. The molecule has 0 aromatic rings. The van der Waals surface area contributed by atoms with Crippen LogP contribution in [0, 0.1) is 5.41 Å². The number of hydrogen-bond acceptors (Lipinski definition) is 2. The summed E-state index contributed by atoms with van der Waals surface area (Å²) in [6.45, 7) is 9.69. The Morgan fingerprint density at radius 1 is 1.50 bits per heavy atom. The average Bonchev–Trinajstić information content (AvgIpc) is 2.03. The number of ketones is 1. The van der Waals surface area contributed by atoms with Gasteiger partial charge in [0.15, 0.2) is 5.78 Å². The Labute approximate surface area is 87.3 Å². The quantitative estimate of drug-likeness (QED) is 0.484. The highest BCUT2D eigenvalue weighted by atomic mass is 16.5. The fourth-order valence-electron chi connectivity index (χ4n) is 1.52. The highest BCUT2D eigenvalue weighted by molar-refractivity contribution is 5.83. The molecule has 0 radical (unpaired) electrons. The second kappa shape index (κ2) is 5.97. The summed E-state index contributed by atoms with van der Waals surface area (Å²) in [5.74, 6) is 0.196. The largest absolute Gasteiger partial charge is 0.373 e. The Kier molecular flexibility index (Phi) is 5.70. The molecule has 0 aliphatic carbocycles. The third-order valence-electron chi connectivity index (χ3n) is 2.15. The Balaban J connectivity index is 4.12. The molecular weight excluding hydrogens is 176 g/mol. The van der Waals surface area contributed by atoms with Crippen molar-refractivity contribution in [1.82, 2.24) is 0 Å². The molecule has 0 rings (SSSR count). The van der Waals surface area contributed by atoms with Crippen LogP contribution in [0.3, 0.4) is 0 Å². The maximum absolute atomic E-state index is 11.7. The van der Waals surface area contributed by atoms with Gasteiger partial charge < -0.3 is 4.74 Å². The fourth-order valence-corrected chi connectivity index (χ4v) is 1.52. The predicted octanol–water partition coefficient (Wildman–Crippen LogP) is 2.97. The van der Waals surface area contributed by atoms with E-state index in [9.17, 15) is 4.79 Å². The molecule has 14 heavy (non-hydrogen) atoms. The Hall–Kier alpha value is -0.630. The van der Waals surface area contributed by atoms with Crippen molar-refractivity contribution in [2.24, 2.45) is 5.41 Å². The van der Waals surface area contributed by atoms with Crippen LogP contribution < -0.4 is 0 Å². The number of carbonyl (C=O) groups is 1. The van der Waals surface area contributed by atoms with Crippen LogP contribution in [0.5, 0.6) is 0 Å². The van der Waals surface area contributed by atoms with Gasteiger partial charge in [0.25, 0.3) is 0 Å². The van der Waals surface area contributed by atoms with E-state index in [0.29, 0.717) is 6.42 Å². The summed E-state index contributed by atoms with van der Waals surface area (Å²) < 4.78 is 5.23. The number of hydrogen-bond donors (Lipinski definition) is 0. The van der Waals surface area contributed by atoms with Gasteiger partial charge in [-0.1, -0.05) is 26.8 Å². The molecule has 1 unspecified atom stereocenters. The van der Waals surface area contributed by atoms with Crippen molar-refractivity contribution in [3.05, 3.63) is 12.7 Å². The molecule has 0 saturated carbocycles. The average molecular weight is 198 g/mol. The van der Waals surface area contributed by atoms with Gasteiger partial charge in [-0.25, -0.2) is 0 Å². The van der Waals surface area contributed by atoms with E-state index in [0.717, 1.165) is 12.8 Å². The fraction of sp³-hybridized carbons (Fsp3) is 0.750. The normalized spacial score (nSPS) is 13.7. The number of unbranched alkanes of at least 4 members (excludes halogenated alkanes) is 1. The van der Waals surface area contributed by atoms with Crippen molar-refractivity contribution in [2.75, 3.05) is 7.11 Å². The summed E-state index contributed by atoms with van der Waals surface area (Å²) >= 11 is 0. The lowest BCUT2D eigenvalue weighted by Crippen LogP contribution is -2.36. The topological polar surface area (TPSA) is 26.3 Å². The number of methoxy groups -OCH3 is 1. The van der Waals surface area contributed by atoms with Gasteiger partial charge in [-0.05, 0) is 18.3 Å². The third kappa shape index (κ3) is 4.56. The number of Topliss-reactive ketones (excluding diaryl/α,β-unsaturated/α-hetero) is 1. The molecule has 2 nitrogen and oxygen atoms in total. The molecule has 0 aromatic heterocycles. The van der Waals surface area contributed by atoms with E-state index in [2.05, 4.69) is 6.58 Å². The Bertz CT molecular complexity index is 189. The van der Waals surface area contributed by atoms with Crippen LogP contribution in [0.4, 0.5) is 0 Å². The molecule has 82 valence electrons. The van der Waals surface area contributed by atoms with Gasteiger partial charge in [-0.15, -0.1) is 6.58 Å². The standard InChI is InChI=1S/C12H22O2/c1-6-7-8-9-10(13)11(14-5)12(2,3)4/h6,11H,1,7-9H2,2-5H3. The molecule has 0 heterocycles. The van der Waals surface area contributed by atoms with Crippen molar-refractivity contribution >= 4 is 5.78 Å². The molecule has 0 fully saturated rings. The first-order valence-corrected chi connectivity index (χ1v) is 5.10. The van der Waals surface area contributed by atoms with Gasteiger partial charge >= 0.3 is 0 Å². The maximum Gasteiger partial charge on any atom is 0.162 e. The minimum atomic E-state index is -0.285. The molecular formula is C12H22O2. The SMILES string of the molecule is C=CCCCC(=O)C(OC)C(C)(C)C. The molecule has 2 heteroatoms. The summed E-state index contributed by atoms with van der Waals surface area (Å²) in [6.07, 6.45) is 3.91. The molecule has 1 atom stereocenters. The molecule has 0 aliphatic rings. The summed E-state index contributed by atoms with van der Waals surface area (Å²) in [5.41, 5.74) is -0.111.